The Morgan fingerprint density at radius 1 is 1.16 bits per heavy atom. The summed E-state index contributed by atoms with van der Waals surface area (Å²) in [5.41, 5.74) is 1.03. The Bertz CT molecular complexity index is 650. The van der Waals surface area contributed by atoms with Gasteiger partial charge in [0.1, 0.15) is 0 Å². The highest BCUT2D eigenvalue weighted by molar-refractivity contribution is 7.89. The Morgan fingerprint density at radius 3 is 2.40 bits per heavy atom. The third kappa shape index (κ3) is 6.09. The summed E-state index contributed by atoms with van der Waals surface area (Å²) in [4.78, 5) is 12.3. The molecule has 1 amide bonds. The molecule has 0 heterocycles. The molecule has 0 atom stereocenters. The SMILES string of the molecule is COCCNC(=O)C1CCC(CNS(=O)(=O)c2ccc(C)cc2)CC1. The molecule has 0 aromatic heterocycles. The van der Waals surface area contributed by atoms with Crippen LogP contribution in [0, 0.1) is 18.8 Å². The number of hydrogen-bond donors (Lipinski definition) is 2. The number of rotatable bonds is 8. The van der Waals surface area contributed by atoms with Crippen LogP contribution in [0.4, 0.5) is 0 Å². The van der Waals surface area contributed by atoms with E-state index in [4.69, 9.17) is 4.74 Å². The van der Waals surface area contributed by atoms with Crippen molar-refractivity contribution in [3.8, 4) is 0 Å². The topological polar surface area (TPSA) is 84.5 Å². The van der Waals surface area contributed by atoms with E-state index in [2.05, 4.69) is 10.0 Å². The molecule has 1 aliphatic rings. The number of methoxy groups -OCH3 is 1. The van der Waals surface area contributed by atoms with Crippen LogP contribution in [-0.2, 0) is 19.6 Å². The lowest BCUT2D eigenvalue weighted by Crippen LogP contribution is -2.37. The maximum Gasteiger partial charge on any atom is 0.240 e. The van der Waals surface area contributed by atoms with Crippen molar-refractivity contribution in [1.82, 2.24) is 10.0 Å². The number of carbonyl (C=O) groups excluding carboxylic acids is 1. The van der Waals surface area contributed by atoms with Gasteiger partial charge in [0, 0.05) is 26.1 Å². The van der Waals surface area contributed by atoms with E-state index in [1.165, 1.54) is 0 Å². The van der Waals surface area contributed by atoms with Crippen molar-refractivity contribution in [3.63, 3.8) is 0 Å². The molecule has 0 aliphatic heterocycles. The van der Waals surface area contributed by atoms with Crippen molar-refractivity contribution < 1.29 is 17.9 Å². The van der Waals surface area contributed by atoms with E-state index in [0.29, 0.717) is 24.6 Å². The minimum Gasteiger partial charge on any atom is -0.383 e. The number of sulfonamides is 1. The Labute approximate surface area is 150 Å². The van der Waals surface area contributed by atoms with Crippen LogP contribution in [-0.4, -0.2) is 41.1 Å². The molecule has 1 fully saturated rings. The van der Waals surface area contributed by atoms with Crippen LogP contribution in [0.25, 0.3) is 0 Å². The summed E-state index contributed by atoms with van der Waals surface area (Å²) in [7, 11) is -1.86. The summed E-state index contributed by atoms with van der Waals surface area (Å²) >= 11 is 0. The van der Waals surface area contributed by atoms with Crippen LogP contribution in [0.1, 0.15) is 31.2 Å². The largest absolute Gasteiger partial charge is 0.383 e. The highest BCUT2D eigenvalue weighted by atomic mass is 32.2. The fourth-order valence-electron chi connectivity index (χ4n) is 3.08. The van der Waals surface area contributed by atoms with Crippen LogP contribution in [0.5, 0.6) is 0 Å². The molecule has 1 aliphatic carbocycles. The minimum absolute atomic E-state index is 0.0295. The first kappa shape index (κ1) is 19.9. The molecule has 2 rings (SSSR count). The lowest BCUT2D eigenvalue weighted by molar-refractivity contribution is -0.126. The molecule has 7 heteroatoms. The first-order valence-electron chi connectivity index (χ1n) is 8.75. The van der Waals surface area contributed by atoms with Crippen LogP contribution in [0.2, 0.25) is 0 Å². The normalized spacial score (nSPS) is 21.0. The molecule has 1 saturated carbocycles. The van der Waals surface area contributed by atoms with Gasteiger partial charge in [-0.3, -0.25) is 4.79 Å². The first-order valence-corrected chi connectivity index (χ1v) is 10.2. The third-order valence-corrected chi connectivity index (χ3v) is 6.16. The van der Waals surface area contributed by atoms with Crippen molar-refractivity contribution in [2.45, 2.75) is 37.5 Å². The Balaban J connectivity index is 1.76. The van der Waals surface area contributed by atoms with E-state index in [0.717, 1.165) is 31.2 Å². The van der Waals surface area contributed by atoms with Gasteiger partial charge in [-0.1, -0.05) is 17.7 Å². The smallest absolute Gasteiger partial charge is 0.240 e. The predicted molar refractivity (Wildman–Crippen MR) is 96.7 cm³/mol. The Kier molecular flexibility index (Phi) is 7.40. The third-order valence-electron chi connectivity index (χ3n) is 4.72. The zero-order valence-corrected chi connectivity index (χ0v) is 15.8. The van der Waals surface area contributed by atoms with Gasteiger partial charge in [0.2, 0.25) is 15.9 Å². The van der Waals surface area contributed by atoms with Gasteiger partial charge in [0.15, 0.2) is 0 Å². The lowest BCUT2D eigenvalue weighted by Gasteiger charge is -2.27. The maximum atomic E-state index is 12.3. The summed E-state index contributed by atoms with van der Waals surface area (Å²) in [6.45, 7) is 3.40. The highest BCUT2D eigenvalue weighted by Gasteiger charge is 2.27. The molecule has 0 bridgehead atoms. The average Bonchev–Trinajstić information content (AvgIpc) is 2.61. The predicted octanol–water partition coefficient (Wildman–Crippen LogP) is 1.84. The van der Waals surface area contributed by atoms with Crippen molar-refractivity contribution in [2.24, 2.45) is 11.8 Å². The minimum atomic E-state index is -3.46. The summed E-state index contributed by atoms with van der Waals surface area (Å²) < 4.78 is 32.3. The number of ether oxygens (including phenoxy) is 1. The van der Waals surface area contributed by atoms with E-state index in [-0.39, 0.29) is 17.7 Å². The van der Waals surface area contributed by atoms with Gasteiger partial charge in [-0.2, -0.15) is 0 Å². The Morgan fingerprint density at radius 2 is 1.80 bits per heavy atom. The second kappa shape index (κ2) is 9.31. The van der Waals surface area contributed by atoms with Crippen LogP contribution < -0.4 is 10.0 Å². The molecule has 140 valence electrons. The molecular weight excluding hydrogens is 340 g/mol. The number of benzene rings is 1. The molecule has 0 saturated heterocycles. The van der Waals surface area contributed by atoms with Gasteiger partial charge >= 0.3 is 0 Å². The van der Waals surface area contributed by atoms with Crippen molar-refractivity contribution in [1.29, 1.82) is 0 Å². The second-order valence-electron chi connectivity index (χ2n) is 6.67. The maximum absolute atomic E-state index is 12.3. The molecule has 6 nitrogen and oxygen atoms in total. The molecule has 1 aromatic carbocycles. The summed E-state index contributed by atoms with van der Waals surface area (Å²) in [5.74, 6) is 0.390. The van der Waals surface area contributed by atoms with Crippen molar-refractivity contribution in [2.75, 3.05) is 26.8 Å². The van der Waals surface area contributed by atoms with Crippen LogP contribution >= 0.6 is 0 Å². The van der Waals surface area contributed by atoms with E-state index in [9.17, 15) is 13.2 Å². The molecule has 1 aromatic rings. The van der Waals surface area contributed by atoms with E-state index < -0.39 is 10.0 Å². The number of amides is 1. The quantitative estimate of drug-likeness (QED) is 0.686. The lowest BCUT2D eigenvalue weighted by atomic mass is 9.81. The average molecular weight is 368 g/mol. The summed E-state index contributed by atoms with van der Waals surface area (Å²) in [5, 5.41) is 2.87. The second-order valence-corrected chi connectivity index (χ2v) is 8.43. The molecule has 2 N–H and O–H groups in total. The molecule has 0 unspecified atom stereocenters. The molecular formula is C18H28N2O4S. The van der Waals surface area contributed by atoms with Gasteiger partial charge in [0.05, 0.1) is 11.5 Å². The van der Waals surface area contributed by atoms with Gasteiger partial charge < -0.3 is 10.1 Å². The summed E-state index contributed by atoms with van der Waals surface area (Å²) in [6.07, 6.45) is 3.32. The van der Waals surface area contributed by atoms with E-state index in [1.807, 2.05) is 6.92 Å². The number of aryl methyl sites for hydroxylation is 1. The fourth-order valence-corrected chi connectivity index (χ4v) is 4.19. The number of carbonyl (C=O) groups is 1. The highest BCUT2D eigenvalue weighted by Crippen LogP contribution is 2.28. The number of nitrogens with one attached hydrogen (secondary N) is 2. The summed E-state index contributed by atoms with van der Waals surface area (Å²) in [6, 6.07) is 6.84. The number of hydrogen-bond acceptors (Lipinski definition) is 4. The molecule has 0 radical (unpaired) electrons. The first-order chi connectivity index (χ1) is 11.9. The Hall–Kier alpha value is -1.44. The van der Waals surface area contributed by atoms with Gasteiger partial charge in [-0.15, -0.1) is 0 Å². The van der Waals surface area contributed by atoms with Crippen molar-refractivity contribution in [3.05, 3.63) is 29.8 Å². The zero-order chi connectivity index (χ0) is 18.3. The zero-order valence-electron chi connectivity index (χ0n) is 15.0. The molecule has 25 heavy (non-hydrogen) atoms. The van der Waals surface area contributed by atoms with Crippen LogP contribution in [0.3, 0.4) is 0 Å². The van der Waals surface area contributed by atoms with Gasteiger partial charge in [0.25, 0.3) is 0 Å². The fraction of sp³-hybridized carbons (Fsp3) is 0.611. The van der Waals surface area contributed by atoms with E-state index >= 15 is 0 Å². The molecule has 0 spiro atoms. The van der Waals surface area contributed by atoms with Gasteiger partial charge in [-0.25, -0.2) is 13.1 Å². The van der Waals surface area contributed by atoms with E-state index in [1.54, 1.807) is 31.4 Å². The van der Waals surface area contributed by atoms with Crippen LogP contribution in [0.15, 0.2) is 29.2 Å². The monoisotopic (exact) mass is 368 g/mol. The standard InChI is InChI=1S/C18H28N2O4S/c1-14-3-9-17(10-4-14)25(22,23)20-13-15-5-7-16(8-6-15)18(21)19-11-12-24-2/h3-4,9-10,15-16,20H,5-8,11-13H2,1-2H3,(H,19,21). The van der Waals surface area contributed by atoms with Gasteiger partial charge in [-0.05, 0) is 50.7 Å². The van der Waals surface area contributed by atoms with Crippen molar-refractivity contribution >= 4 is 15.9 Å².